The molecule has 1 atom stereocenters. The molecule has 0 heteroatoms. The van der Waals surface area contributed by atoms with E-state index in [1.807, 2.05) is 6.92 Å². The van der Waals surface area contributed by atoms with E-state index in [0.717, 1.165) is 0 Å². The van der Waals surface area contributed by atoms with Gasteiger partial charge in [-0.05, 0) is 5.92 Å². The first kappa shape index (κ1) is 5.48. The molecule has 0 saturated carbocycles. The van der Waals surface area contributed by atoms with Gasteiger partial charge in [-0.3, -0.25) is 0 Å². The van der Waals surface area contributed by atoms with Crippen LogP contribution in [0.5, 0.6) is 0 Å². The van der Waals surface area contributed by atoms with Crippen LogP contribution in [0.1, 0.15) is 6.92 Å². The Morgan fingerprint density at radius 2 is 2.33 bits per heavy atom. The lowest BCUT2D eigenvalue weighted by Gasteiger charge is -1.88. The van der Waals surface area contributed by atoms with Crippen molar-refractivity contribution in [3.05, 3.63) is 25.3 Å². The molecule has 33 valence electrons. The molecule has 0 aromatic heterocycles. The summed E-state index contributed by atoms with van der Waals surface area (Å²) in [5, 5.41) is 0. The average Bonchev–Trinajstić information content (AvgIpc) is 1.65. The molecule has 0 aromatic carbocycles. The van der Waals surface area contributed by atoms with Gasteiger partial charge in [-0.15, -0.1) is 6.58 Å². The third-order valence-corrected chi connectivity index (χ3v) is 0.675. The molecule has 0 spiro atoms. The zero-order valence-electron chi connectivity index (χ0n) is 4.02. The van der Waals surface area contributed by atoms with Gasteiger partial charge in [-0.2, -0.15) is 0 Å². The molecule has 0 N–H and O–H groups in total. The number of rotatable bonds is 2. The van der Waals surface area contributed by atoms with Crippen molar-refractivity contribution in [1.29, 1.82) is 0 Å². The summed E-state index contributed by atoms with van der Waals surface area (Å²) in [6.07, 6.45) is 3.40. The molecule has 0 aliphatic rings. The second kappa shape index (κ2) is 2.70. The lowest BCUT2D eigenvalue weighted by molar-refractivity contribution is 0.945. The Morgan fingerprint density at radius 3 is 2.33 bits per heavy atom. The Kier molecular flexibility index (Phi) is 2.47. The van der Waals surface area contributed by atoms with Gasteiger partial charge < -0.3 is 0 Å². The van der Waals surface area contributed by atoms with Gasteiger partial charge in [0.15, 0.2) is 0 Å². The van der Waals surface area contributed by atoms with Crippen LogP contribution in [0.3, 0.4) is 0 Å². The molecule has 0 amide bonds. The fourth-order valence-corrected chi connectivity index (χ4v) is 0.0786. The molecular formula is C6H9. The second-order valence-electron chi connectivity index (χ2n) is 1.29. The molecule has 6 heavy (non-hydrogen) atoms. The lowest BCUT2D eigenvalue weighted by atomic mass is 10.2. The van der Waals surface area contributed by atoms with Gasteiger partial charge in [0.2, 0.25) is 0 Å². The predicted molar refractivity (Wildman–Crippen MR) is 28.2 cm³/mol. The molecule has 0 saturated heterocycles. The van der Waals surface area contributed by atoms with Crippen LogP contribution in [0.15, 0.2) is 18.7 Å². The summed E-state index contributed by atoms with van der Waals surface area (Å²) in [6.45, 7) is 10.6. The van der Waals surface area contributed by atoms with Crippen LogP contribution in [0.4, 0.5) is 0 Å². The molecule has 0 fully saturated rings. The topological polar surface area (TPSA) is 0 Å². The van der Waals surface area contributed by atoms with Crippen LogP contribution < -0.4 is 0 Å². The summed E-state index contributed by atoms with van der Waals surface area (Å²) in [4.78, 5) is 0. The van der Waals surface area contributed by atoms with Crippen LogP contribution in [0, 0.1) is 12.5 Å². The van der Waals surface area contributed by atoms with Gasteiger partial charge >= 0.3 is 0 Å². The van der Waals surface area contributed by atoms with Gasteiger partial charge in [0, 0.05) is 0 Å². The first-order chi connectivity index (χ1) is 2.81. The molecule has 0 bridgehead atoms. The monoisotopic (exact) mass is 81.1 g/mol. The molecule has 1 radical (unpaired) electrons. The average molecular weight is 81.1 g/mol. The van der Waals surface area contributed by atoms with Gasteiger partial charge in [-0.25, -0.2) is 0 Å². The van der Waals surface area contributed by atoms with Crippen molar-refractivity contribution in [2.45, 2.75) is 6.92 Å². The summed E-state index contributed by atoms with van der Waals surface area (Å²) in [5.74, 6) is 0.352. The molecule has 0 aromatic rings. The van der Waals surface area contributed by atoms with Crippen LogP contribution in [-0.4, -0.2) is 0 Å². The van der Waals surface area contributed by atoms with Gasteiger partial charge in [-0.1, -0.05) is 25.7 Å². The second-order valence-corrected chi connectivity index (χ2v) is 1.29. The van der Waals surface area contributed by atoms with E-state index in [2.05, 4.69) is 6.58 Å². The Bertz CT molecular complexity index is 45.1. The Hall–Kier alpha value is -0.520. The maximum absolute atomic E-state index is 5.09. The molecule has 1 unspecified atom stereocenters. The summed E-state index contributed by atoms with van der Waals surface area (Å²) in [5.41, 5.74) is 0. The van der Waals surface area contributed by atoms with E-state index in [1.54, 1.807) is 12.2 Å². The minimum atomic E-state index is 0.352. The highest BCUT2D eigenvalue weighted by atomic mass is 13.8. The highest BCUT2D eigenvalue weighted by Crippen LogP contribution is 1.92. The van der Waals surface area contributed by atoms with Crippen molar-refractivity contribution in [3.8, 4) is 0 Å². The quantitative estimate of drug-likeness (QED) is 0.444. The SMILES string of the molecule is [CH]=CC(C)C=C. The molecule has 0 heterocycles. The van der Waals surface area contributed by atoms with Gasteiger partial charge in [0.1, 0.15) is 0 Å². The molecule has 0 aliphatic heterocycles. The van der Waals surface area contributed by atoms with Crippen LogP contribution in [-0.2, 0) is 0 Å². The highest BCUT2D eigenvalue weighted by Gasteiger charge is 1.79. The van der Waals surface area contributed by atoms with E-state index < -0.39 is 0 Å². The number of allylic oxidation sites excluding steroid dienone is 2. The standard InChI is InChI=1S/C6H9/c1-4-6(3)5-2/h1,4-6H,2H2,3H3. The fraction of sp³-hybridized carbons (Fsp3) is 0.333. The molecule has 0 aliphatic carbocycles. The Morgan fingerprint density at radius 1 is 1.83 bits per heavy atom. The zero-order chi connectivity index (χ0) is 4.99. The van der Waals surface area contributed by atoms with Crippen molar-refractivity contribution in [2.24, 2.45) is 5.92 Å². The van der Waals surface area contributed by atoms with Crippen molar-refractivity contribution in [1.82, 2.24) is 0 Å². The largest absolute Gasteiger partial charge is 0.102 e. The van der Waals surface area contributed by atoms with E-state index in [0.29, 0.717) is 5.92 Å². The summed E-state index contributed by atoms with van der Waals surface area (Å²) in [6, 6.07) is 0. The smallest absolute Gasteiger partial charge is 0.00814 e. The zero-order valence-corrected chi connectivity index (χ0v) is 4.02. The van der Waals surface area contributed by atoms with Gasteiger partial charge in [0.05, 0.1) is 0 Å². The van der Waals surface area contributed by atoms with Crippen molar-refractivity contribution in [3.63, 3.8) is 0 Å². The third kappa shape index (κ3) is 1.77. The molecule has 0 nitrogen and oxygen atoms in total. The van der Waals surface area contributed by atoms with Crippen LogP contribution in [0.25, 0.3) is 0 Å². The fourth-order valence-electron chi connectivity index (χ4n) is 0.0786. The van der Waals surface area contributed by atoms with E-state index in [-0.39, 0.29) is 0 Å². The van der Waals surface area contributed by atoms with Crippen molar-refractivity contribution < 1.29 is 0 Å². The summed E-state index contributed by atoms with van der Waals surface area (Å²) >= 11 is 0. The van der Waals surface area contributed by atoms with Crippen molar-refractivity contribution >= 4 is 0 Å². The van der Waals surface area contributed by atoms with Crippen molar-refractivity contribution in [2.75, 3.05) is 0 Å². The van der Waals surface area contributed by atoms with E-state index in [1.165, 1.54) is 0 Å². The summed E-state index contributed by atoms with van der Waals surface area (Å²) < 4.78 is 0. The maximum atomic E-state index is 5.09. The molecular weight excluding hydrogens is 72.1 g/mol. The van der Waals surface area contributed by atoms with Gasteiger partial charge in [0.25, 0.3) is 0 Å². The normalized spacial score (nSPS) is 12.8. The predicted octanol–water partition coefficient (Wildman–Crippen LogP) is 1.80. The Labute approximate surface area is 39.2 Å². The minimum Gasteiger partial charge on any atom is -0.102 e. The highest BCUT2D eigenvalue weighted by molar-refractivity contribution is 4.86. The van der Waals surface area contributed by atoms with Crippen LogP contribution >= 0.6 is 0 Å². The summed E-state index contributed by atoms with van der Waals surface area (Å²) in [7, 11) is 0. The first-order valence-corrected chi connectivity index (χ1v) is 1.99. The van der Waals surface area contributed by atoms with E-state index in [9.17, 15) is 0 Å². The lowest BCUT2D eigenvalue weighted by Crippen LogP contribution is -1.75. The first-order valence-electron chi connectivity index (χ1n) is 1.99. The minimum absolute atomic E-state index is 0.352. The Balaban J connectivity index is 3.21. The molecule has 0 rings (SSSR count). The van der Waals surface area contributed by atoms with E-state index >= 15 is 0 Å². The number of hydrogen-bond acceptors (Lipinski definition) is 0. The number of hydrogen-bond donors (Lipinski definition) is 0. The van der Waals surface area contributed by atoms with Crippen LogP contribution in [0.2, 0.25) is 0 Å². The maximum Gasteiger partial charge on any atom is -0.00814 e. The van der Waals surface area contributed by atoms with E-state index in [4.69, 9.17) is 6.58 Å². The third-order valence-electron chi connectivity index (χ3n) is 0.675.